The molecule has 10 heteroatoms. The van der Waals surface area contributed by atoms with Gasteiger partial charge in [0, 0.05) is 11.3 Å². The van der Waals surface area contributed by atoms with Crippen molar-refractivity contribution in [3.05, 3.63) is 46.5 Å². The van der Waals surface area contributed by atoms with Gasteiger partial charge in [-0.05, 0) is 24.1 Å². The second kappa shape index (κ2) is 5.86. The summed E-state index contributed by atoms with van der Waals surface area (Å²) in [5.74, 6) is 0.685. The molecule has 0 saturated heterocycles. The van der Waals surface area contributed by atoms with Gasteiger partial charge in [0.1, 0.15) is 6.33 Å². The number of aromatic nitrogens is 4. The van der Waals surface area contributed by atoms with Crippen molar-refractivity contribution in [3.8, 4) is 11.4 Å². The number of alkyl halides is 3. The first-order valence-electron chi connectivity index (χ1n) is 6.83. The molecule has 2 heterocycles. The highest BCUT2D eigenvalue weighted by Crippen LogP contribution is 2.31. The van der Waals surface area contributed by atoms with Crippen LogP contribution in [0.3, 0.4) is 0 Å². The van der Waals surface area contributed by atoms with Crippen LogP contribution in [-0.4, -0.2) is 29.6 Å². The summed E-state index contributed by atoms with van der Waals surface area (Å²) < 4.78 is 39.9. The molecule has 0 amide bonds. The maximum Gasteiger partial charge on any atom is 0.416 e. The second-order valence-electron chi connectivity index (χ2n) is 4.79. The van der Waals surface area contributed by atoms with Crippen molar-refractivity contribution in [2.75, 3.05) is 5.75 Å². The van der Waals surface area contributed by atoms with Crippen LogP contribution in [0.15, 0.2) is 35.4 Å². The summed E-state index contributed by atoms with van der Waals surface area (Å²) in [6.07, 6.45) is -3.41. The summed E-state index contributed by atoms with van der Waals surface area (Å²) >= 11 is 1.15. The first-order valence-corrected chi connectivity index (χ1v) is 7.77. The molecule has 0 radical (unpaired) electrons. The molecule has 1 aromatic carbocycles. The van der Waals surface area contributed by atoms with Crippen molar-refractivity contribution < 1.29 is 18.4 Å². The van der Waals surface area contributed by atoms with Gasteiger partial charge in [0.05, 0.1) is 5.56 Å². The summed E-state index contributed by atoms with van der Waals surface area (Å²) in [6, 6.07) is 4.31. The number of benzene rings is 1. The first-order chi connectivity index (χ1) is 11.3. The van der Waals surface area contributed by atoms with Crippen LogP contribution in [0.2, 0.25) is 0 Å². The molecule has 24 heavy (non-hydrogen) atoms. The lowest BCUT2D eigenvalue weighted by atomic mass is 10.1. The fourth-order valence-electron chi connectivity index (χ4n) is 2.17. The van der Waals surface area contributed by atoms with Crippen molar-refractivity contribution in [1.82, 2.24) is 18.7 Å². The van der Waals surface area contributed by atoms with Crippen molar-refractivity contribution in [1.29, 1.82) is 0 Å². The standard InChI is InChI=1S/C14H11F3N4O2S/c1-2-24-21-11(8-3-5-9(6-4-8)14(15,16)17)19-12-10(13(21)22)18-7-20(12)23/h3-7,23H,2H2,1H3. The average molecular weight is 356 g/mol. The number of rotatable bonds is 3. The molecule has 0 unspecified atom stereocenters. The average Bonchev–Trinajstić information content (AvgIpc) is 2.91. The van der Waals surface area contributed by atoms with E-state index in [0.717, 1.165) is 30.4 Å². The third-order valence-electron chi connectivity index (χ3n) is 3.24. The summed E-state index contributed by atoms with van der Waals surface area (Å²) in [5.41, 5.74) is -1.03. The zero-order valence-electron chi connectivity index (χ0n) is 12.3. The topological polar surface area (TPSA) is 72.9 Å². The Labute approximate surface area is 137 Å². The van der Waals surface area contributed by atoms with Crippen molar-refractivity contribution in [2.45, 2.75) is 13.1 Å². The van der Waals surface area contributed by atoms with Gasteiger partial charge in [-0.25, -0.2) is 13.9 Å². The molecule has 0 aliphatic carbocycles. The van der Waals surface area contributed by atoms with Crippen LogP contribution in [0.1, 0.15) is 12.5 Å². The molecule has 3 aromatic rings. The predicted molar refractivity (Wildman–Crippen MR) is 82.9 cm³/mol. The van der Waals surface area contributed by atoms with E-state index in [1.807, 2.05) is 6.92 Å². The molecule has 1 N–H and O–H groups in total. The number of halogens is 3. The van der Waals surface area contributed by atoms with Crippen molar-refractivity contribution in [2.24, 2.45) is 0 Å². The van der Waals surface area contributed by atoms with E-state index in [4.69, 9.17) is 0 Å². The van der Waals surface area contributed by atoms with Crippen molar-refractivity contribution in [3.63, 3.8) is 0 Å². The van der Waals surface area contributed by atoms with E-state index in [1.165, 1.54) is 16.1 Å². The third-order valence-corrected chi connectivity index (χ3v) is 4.10. The van der Waals surface area contributed by atoms with E-state index in [1.54, 1.807) is 0 Å². The van der Waals surface area contributed by atoms with Gasteiger partial charge in [0.15, 0.2) is 11.3 Å². The summed E-state index contributed by atoms with van der Waals surface area (Å²) in [6.45, 7) is 1.82. The SMILES string of the molecule is CCSn1c(-c2ccc(C(F)(F)F)cc2)nc2c(ncn2O)c1=O. The van der Waals surface area contributed by atoms with Crippen LogP contribution >= 0.6 is 11.9 Å². The molecule has 6 nitrogen and oxygen atoms in total. The fraction of sp³-hybridized carbons (Fsp3) is 0.214. The van der Waals surface area contributed by atoms with E-state index in [-0.39, 0.29) is 17.0 Å². The van der Waals surface area contributed by atoms with Gasteiger partial charge >= 0.3 is 6.18 Å². The van der Waals surface area contributed by atoms with Crippen LogP contribution in [0.5, 0.6) is 0 Å². The maximum absolute atomic E-state index is 12.7. The van der Waals surface area contributed by atoms with Gasteiger partial charge in [0.2, 0.25) is 5.65 Å². The summed E-state index contributed by atoms with van der Waals surface area (Å²) in [4.78, 5) is 20.5. The first kappa shape index (κ1) is 16.4. The Morgan fingerprint density at radius 1 is 1.25 bits per heavy atom. The Kier molecular flexibility index (Phi) is 3.99. The summed E-state index contributed by atoms with van der Waals surface area (Å²) in [5, 5.41) is 9.67. The van der Waals surface area contributed by atoms with Crippen LogP contribution in [-0.2, 0) is 6.18 Å². The molecule has 126 valence electrons. The Morgan fingerprint density at radius 2 is 1.92 bits per heavy atom. The minimum absolute atomic E-state index is 0.0193. The van der Waals surface area contributed by atoms with Gasteiger partial charge < -0.3 is 5.21 Å². The van der Waals surface area contributed by atoms with Gasteiger partial charge in [0.25, 0.3) is 5.56 Å². The molecular weight excluding hydrogens is 345 g/mol. The number of fused-ring (bicyclic) bond motifs is 1. The largest absolute Gasteiger partial charge is 0.425 e. The molecule has 2 aromatic heterocycles. The normalized spacial score (nSPS) is 12.0. The van der Waals surface area contributed by atoms with Gasteiger partial charge in [-0.3, -0.25) is 4.79 Å². The van der Waals surface area contributed by atoms with Gasteiger partial charge in [-0.2, -0.15) is 17.9 Å². The Balaban J connectivity index is 2.22. The Morgan fingerprint density at radius 3 is 2.50 bits per heavy atom. The lowest BCUT2D eigenvalue weighted by Gasteiger charge is -2.11. The van der Waals surface area contributed by atoms with Crippen LogP contribution in [0, 0.1) is 0 Å². The zero-order valence-corrected chi connectivity index (χ0v) is 13.1. The number of hydrogen-bond donors (Lipinski definition) is 1. The molecule has 0 aliphatic rings. The number of nitrogens with zero attached hydrogens (tertiary/aromatic N) is 4. The van der Waals surface area contributed by atoms with E-state index in [9.17, 15) is 23.2 Å². The van der Waals surface area contributed by atoms with E-state index in [2.05, 4.69) is 9.97 Å². The molecule has 0 bridgehead atoms. The smallest absolute Gasteiger partial charge is 0.416 e. The highest BCUT2D eigenvalue weighted by Gasteiger charge is 2.30. The van der Waals surface area contributed by atoms with Gasteiger partial charge in [-0.15, -0.1) is 0 Å². The maximum atomic E-state index is 12.7. The van der Waals surface area contributed by atoms with Gasteiger partial charge in [-0.1, -0.05) is 19.1 Å². The molecule has 0 aliphatic heterocycles. The fourth-order valence-corrected chi connectivity index (χ4v) is 2.90. The lowest BCUT2D eigenvalue weighted by molar-refractivity contribution is -0.137. The van der Waals surface area contributed by atoms with Crippen LogP contribution in [0.4, 0.5) is 13.2 Å². The molecule has 0 spiro atoms. The quantitative estimate of drug-likeness (QED) is 0.731. The molecule has 0 saturated carbocycles. The lowest BCUT2D eigenvalue weighted by Crippen LogP contribution is -2.20. The van der Waals surface area contributed by atoms with E-state index < -0.39 is 17.3 Å². The summed E-state index contributed by atoms with van der Waals surface area (Å²) in [7, 11) is 0. The molecular formula is C14H11F3N4O2S. The third kappa shape index (κ3) is 2.73. The highest BCUT2D eigenvalue weighted by molar-refractivity contribution is 7.97. The Hall–Kier alpha value is -2.49. The van der Waals surface area contributed by atoms with E-state index >= 15 is 0 Å². The predicted octanol–water partition coefficient (Wildman–Crippen LogP) is 3.03. The minimum atomic E-state index is -4.45. The molecule has 3 rings (SSSR count). The van der Waals surface area contributed by atoms with Crippen LogP contribution < -0.4 is 5.56 Å². The minimum Gasteiger partial charge on any atom is -0.425 e. The number of imidazole rings is 1. The van der Waals surface area contributed by atoms with E-state index in [0.29, 0.717) is 16.0 Å². The van der Waals surface area contributed by atoms with Crippen LogP contribution in [0.25, 0.3) is 22.6 Å². The molecule has 0 atom stereocenters. The monoisotopic (exact) mass is 356 g/mol. The zero-order chi connectivity index (χ0) is 17.5. The number of hydrogen-bond acceptors (Lipinski definition) is 5. The second-order valence-corrected chi connectivity index (χ2v) is 5.99. The highest BCUT2D eigenvalue weighted by atomic mass is 32.2. The Bertz CT molecular complexity index is 948. The van der Waals surface area contributed by atoms with Crippen molar-refractivity contribution >= 4 is 23.1 Å². The molecule has 0 fully saturated rings.